The molecule has 186 valence electrons. The van der Waals surface area contributed by atoms with Gasteiger partial charge < -0.3 is 20.0 Å². The Morgan fingerprint density at radius 2 is 1.72 bits per heavy atom. The fourth-order valence-electron chi connectivity index (χ4n) is 4.67. The number of carbonyl (C=O) groups excluding carboxylic acids is 2. The number of amides is 2. The number of halogens is 3. The van der Waals surface area contributed by atoms with Crippen LogP contribution < -0.4 is 15.1 Å². The third kappa shape index (κ3) is 4.10. The first-order valence-electron chi connectivity index (χ1n) is 11.4. The van der Waals surface area contributed by atoms with Gasteiger partial charge in [-0.2, -0.15) is 13.2 Å². The zero-order chi connectivity index (χ0) is 25.6. The molecule has 0 aliphatic carbocycles. The van der Waals surface area contributed by atoms with Gasteiger partial charge in [0.15, 0.2) is 11.6 Å². The Morgan fingerprint density at radius 3 is 2.44 bits per heavy atom. The van der Waals surface area contributed by atoms with Crippen molar-refractivity contribution in [1.82, 2.24) is 15.1 Å². The number of alkyl halides is 3. The van der Waals surface area contributed by atoms with Crippen molar-refractivity contribution >= 4 is 34.8 Å². The second kappa shape index (κ2) is 8.81. The van der Waals surface area contributed by atoms with E-state index < -0.39 is 17.6 Å². The standard InChI is InChI=1S/C25H23F3N6O2/c1-15-6-5-9-19-21(15)32(2)22-17(23(35)29-19)14-20(30-31-22)33-10-12-34(13-11-33)24(36)16-7-3-4-8-18(16)25(26,27)28/h3-9,14H,10-13H2,1-2H3,(H,29,35). The van der Waals surface area contributed by atoms with Crippen LogP contribution in [0.25, 0.3) is 0 Å². The first-order valence-corrected chi connectivity index (χ1v) is 11.4. The van der Waals surface area contributed by atoms with Crippen LogP contribution in [0.1, 0.15) is 31.8 Å². The molecule has 0 bridgehead atoms. The smallest absolute Gasteiger partial charge is 0.352 e. The number of nitrogens with zero attached hydrogens (tertiary/aromatic N) is 5. The molecule has 0 atom stereocenters. The molecule has 1 saturated heterocycles. The predicted molar refractivity (Wildman–Crippen MR) is 129 cm³/mol. The van der Waals surface area contributed by atoms with E-state index in [2.05, 4.69) is 15.5 Å². The average molecular weight is 496 g/mol. The van der Waals surface area contributed by atoms with Crippen molar-refractivity contribution in [2.24, 2.45) is 0 Å². The number of hydrogen-bond donors (Lipinski definition) is 1. The lowest BCUT2D eigenvalue weighted by Crippen LogP contribution is -2.49. The Balaban J connectivity index is 1.35. The number of benzene rings is 2. The minimum Gasteiger partial charge on any atom is -0.352 e. The highest BCUT2D eigenvalue weighted by Gasteiger charge is 2.36. The Hall–Kier alpha value is -4.15. The molecule has 5 rings (SSSR count). The van der Waals surface area contributed by atoms with Crippen molar-refractivity contribution in [2.75, 3.05) is 48.3 Å². The van der Waals surface area contributed by atoms with Crippen LogP contribution in [-0.2, 0) is 6.18 Å². The maximum absolute atomic E-state index is 13.4. The summed E-state index contributed by atoms with van der Waals surface area (Å²) in [5.41, 5.74) is 1.53. The largest absolute Gasteiger partial charge is 0.417 e. The van der Waals surface area contributed by atoms with Gasteiger partial charge in [0.05, 0.1) is 28.1 Å². The van der Waals surface area contributed by atoms with Crippen LogP contribution in [0.3, 0.4) is 0 Å². The van der Waals surface area contributed by atoms with Gasteiger partial charge in [-0.15, -0.1) is 10.2 Å². The Morgan fingerprint density at radius 1 is 1.00 bits per heavy atom. The summed E-state index contributed by atoms with van der Waals surface area (Å²) in [6, 6.07) is 12.1. The lowest BCUT2D eigenvalue weighted by molar-refractivity contribution is -0.138. The van der Waals surface area contributed by atoms with Crippen LogP contribution in [0.4, 0.5) is 36.2 Å². The summed E-state index contributed by atoms with van der Waals surface area (Å²) in [7, 11) is 1.82. The molecule has 1 fully saturated rings. The number of aromatic nitrogens is 2. The predicted octanol–water partition coefficient (Wildman–Crippen LogP) is 4.10. The van der Waals surface area contributed by atoms with Crippen molar-refractivity contribution in [2.45, 2.75) is 13.1 Å². The Kier molecular flexibility index (Phi) is 5.77. The van der Waals surface area contributed by atoms with Crippen LogP contribution in [0.2, 0.25) is 0 Å². The highest BCUT2D eigenvalue weighted by Crippen LogP contribution is 2.38. The van der Waals surface area contributed by atoms with Gasteiger partial charge in [-0.25, -0.2) is 0 Å². The van der Waals surface area contributed by atoms with Crippen LogP contribution in [-0.4, -0.2) is 60.1 Å². The lowest BCUT2D eigenvalue weighted by atomic mass is 10.1. The van der Waals surface area contributed by atoms with Crippen molar-refractivity contribution in [3.05, 3.63) is 70.8 Å². The zero-order valence-electron chi connectivity index (χ0n) is 19.6. The van der Waals surface area contributed by atoms with E-state index in [4.69, 9.17) is 0 Å². The maximum atomic E-state index is 13.4. The summed E-state index contributed by atoms with van der Waals surface area (Å²) in [5, 5.41) is 11.6. The summed E-state index contributed by atoms with van der Waals surface area (Å²) < 4.78 is 40.1. The average Bonchev–Trinajstić information content (AvgIpc) is 2.97. The van der Waals surface area contributed by atoms with Crippen LogP contribution in [0.15, 0.2) is 48.5 Å². The van der Waals surface area contributed by atoms with Gasteiger partial charge in [0, 0.05) is 33.2 Å². The van der Waals surface area contributed by atoms with Crippen LogP contribution in [0, 0.1) is 6.92 Å². The molecule has 8 nitrogen and oxygen atoms in total. The molecule has 2 amide bonds. The molecular weight excluding hydrogens is 473 g/mol. The van der Waals surface area contributed by atoms with E-state index in [1.807, 2.05) is 42.0 Å². The molecule has 2 aliphatic rings. The van der Waals surface area contributed by atoms with Crippen LogP contribution >= 0.6 is 0 Å². The van der Waals surface area contributed by atoms with Gasteiger partial charge >= 0.3 is 6.18 Å². The SMILES string of the molecule is Cc1cccc2c1N(C)c1nnc(N3CCN(C(=O)c4ccccc4C(F)(F)F)CC3)cc1C(=O)N2. The molecule has 0 saturated carbocycles. The van der Waals surface area contributed by atoms with Crippen molar-refractivity contribution < 1.29 is 22.8 Å². The fourth-order valence-corrected chi connectivity index (χ4v) is 4.67. The van der Waals surface area contributed by atoms with Gasteiger partial charge in [-0.3, -0.25) is 9.59 Å². The second-order valence-corrected chi connectivity index (χ2v) is 8.75. The summed E-state index contributed by atoms with van der Waals surface area (Å²) in [6.07, 6.45) is -4.61. The number of hydrogen-bond acceptors (Lipinski definition) is 6. The minimum atomic E-state index is -4.61. The second-order valence-electron chi connectivity index (χ2n) is 8.75. The van der Waals surface area contributed by atoms with Crippen molar-refractivity contribution in [3.63, 3.8) is 0 Å². The minimum absolute atomic E-state index is 0.209. The van der Waals surface area contributed by atoms with E-state index in [0.717, 1.165) is 17.3 Å². The number of piperazine rings is 1. The summed E-state index contributed by atoms with van der Waals surface area (Å²) in [6.45, 7) is 3.04. The van der Waals surface area contributed by atoms with E-state index in [1.54, 1.807) is 6.07 Å². The number of nitrogens with one attached hydrogen (secondary N) is 1. The van der Waals surface area contributed by atoms with E-state index in [9.17, 15) is 22.8 Å². The van der Waals surface area contributed by atoms with Gasteiger partial charge in [-0.05, 0) is 36.8 Å². The molecule has 0 radical (unpaired) electrons. The summed E-state index contributed by atoms with van der Waals surface area (Å²) in [5.74, 6) is -0.0933. The number of aryl methyl sites for hydroxylation is 1. The molecule has 2 aliphatic heterocycles. The van der Waals surface area contributed by atoms with E-state index in [0.29, 0.717) is 36.0 Å². The number of anilines is 4. The Bertz CT molecular complexity index is 1350. The van der Waals surface area contributed by atoms with E-state index >= 15 is 0 Å². The summed E-state index contributed by atoms with van der Waals surface area (Å²) >= 11 is 0. The van der Waals surface area contributed by atoms with Gasteiger partial charge in [0.25, 0.3) is 11.8 Å². The highest BCUT2D eigenvalue weighted by molar-refractivity contribution is 6.12. The zero-order valence-corrected chi connectivity index (χ0v) is 19.6. The molecule has 3 heterocycles. The molecule has 0 spiro atoms. The molecule has 36 heavy (non-hydrogen) atoms. The number of carbonyl (C=O) groups is 2. The molecule has 1 aromatic heterocycles. The first-order chi connectivity index (χ1) is 17.1. The van der Waals surface area contributed by atoms with Gasteiger partial charge in [0.2, 0.25) is 0 Å². The van der Waals surface area contributed by atoms with Crippen molar-refractivity contribution in [3.8, 4) is 0 Å². The monoisotopic (exact) mass is 496 g/mol. The molecule has 0 unspecified atom stereocenters. The van der Waals surface area contributed by atoms with E-state index in [1.165, 1.54) is 23.1 Å². The normalized spacial score (nSPS) is 15.7. The molecule has 3 aromatic rings. The number of fused-ring (bicyclic) bond motifs is 2. The van der Waals surface area contributed by atoms with Crippen LogP contribution in [0.5, 0.6) is 0 Å². The topological polar surface area (TPSA) is 81.7 Å². The lowest BCUT2D eigenvalue weighted by Gasteiger charge is -2.35. The highest BCUT2D eigenvalue weighted by atomic mass is 19.4. The van der Waals surface area contributed by atoms with Gasteiger partial charge in [0.1, 0.15) is 0 Å². The number of rotatable bonds is 2. The third-order valence-electron chi connectivity index (χ3n) is 6.50. The molecule has 1 N–H and O–H groups in total. The quantitative estimate of drug-likeness (QED) is 0.576. The van der Waals surface area contributed by atoms with Crippen molar-refractivity contribution in [1.29, 1.82) is 0 Å². The molecule has 2 aromatic carbocycles. The van der Waals surface area contributed by atoms with E-state index in [-0.39, 0.29) is 24.6 Å². The maximum Gasteiger partial charge on any atom is 0.417 e. The fraction of sp³-hybridized carbons (Fsp3) is 0.280. The third-order valence-corrected chi connectivity index (χ3v) is 6.50. The summed E-state index contributed by atoms with van der Waals surface area (Å²) in [4.78, 5) is 31.0. The Labute approximate surface area is 205 Å². The molecule has 11 heteroatoms. The van der Waals surface area contributed by atoms with Gasteiger partial charge in [-0.1, -0.05) is 24.3 Å². The first kappa shape index (κ1) is 23.6. The molecular formula is C25H23F3N6O2. The number of para-hydroxylation sites is 1.